The first-order chi connectivity index (χ1) is 18.9. The molecule has 0 bridgehead atoms. The van der Waals surface area contributed by atoms with Gasteiger partial charge in [-0.15, -0.1) is 0 Å². The molecule has 0 nitrogen and oxygen atoms in total. The van der Waals surface area contributed by atoms with Gasteiger partial charge in [0.25, 0.3) is 0 Å². The maximum atomic E-state index is 2.28. The van der Waals surface area contributed by atoms with Crippen LogP contribution in [0.2, 0.25) is 0 Å². The molecule has 0 saturated heterocycles. The molecule has 0 amide bonds. The molecule has 182 valence electrons. The molecule has 0 N–H and O–H groups in total. The highest BCUT2D eigenvalue weighted by molar-refractivity contribution is 7.99. The van der Waals surface area contributed by atoms with Gasteiger partial charge in [0.05, 0.1) is 0 Å². The van der Waals surface area contributed by atoms with Crippen molar-refractivity contribution < 1.29 is 0 Å². The van der Waals surface area contributed by atoms with Crippen LogP contribution in [-0.4, -0.2) is 0 Å². The van der Waals surface area contributed by atoms with E-state index in [2.05, 4.69) is 152 Å². The van der Waals surface area contributed by atoms with Gasteiger partial charge in [0.15, 0.2) is 0 Å². The van der Waals surface area contributed by atoms with Crippen LogP contribution in [0.15, 0.2) is 174 Å². The van der Waals surface area contributed by atoms with E-state index in [0.29, 0.717) is 5.92 Å². The summed E-state index contributed by atoms with van der Waals surface area (Å²) in [5.41, 5.74) is 9.46. The zero-order valence-corrected chi connectivity index (χ0v) is 21.9. The molecule has 6 aromatic rings. The molecule has 38 heavy (non-hydrogen) atoms. The van der Waals surface area contributed by atoms with Gasteiger partial charge < -0.3 is 0 Å². The lowest BCUT2D eigenvalue weighted by atomic mass is 9.88. The van der Waals surface area contributed by atoms with E-state index >= 15 is 0 Å². The molecule has 1 heteroatoms. The van der Waals surface area contributed by atoms with Gasteiger partial charge in [0.2, 0.25) is 0 Å². The summed E-state index contributed by atoms with van der Waals surface area (Å²) in [6.45, 7) is 0. The minimum Gasteiger partial charge on any atom is -0.0901 e. The van der Waals surface area contributed by atoms with Crippen LogP contribution in [-0.2, 0) is 0 Å². The molecule has 0 unspecified atom stereocenters. The van der Waals surface area contributed by atoms with Crippen molar-refractivity contribution in [3.05, 3.63) is 180 Å². The van der Waals surface area contributed by atoms with E-state index in [-0.39, 0.29) is 0 Å². The quantitative estimate of drug-likeness (QED) is 0.230. The lowest BCUT2D eigenvalue weighted by molar-refractivity contribution is 1.02. The van der Waals surface area contributed by atoms with Crippen LogP contribution >= 0.6 is 11.8 Å². The second-order valence-electron chi connectivity index (χ2n) is 9.32. The summed E-state index contributed by atoms with van der Waals surface area (Å²) < 4.78 is 0. The van der Waals surface area contributed by atoms with Crippen LogP contribution in [0.5, 0.6) is 0 Å². The van der Waals surface area contributed by atoms with Gasteiger partial charge in [0.1, 0.15) is 0 Å². The topological polar surface area (TPSA) is 0 Å². The minimum absolute atomic E-state index is 0.331. The number of fused-ring (bicyclic) bond motifs is 3. The van der Waals surface area contributed by atoms with Crippen molar-refractivity contribution >= 4 is 11.8 Å². The van der Waals surface area contributed by atoms with Gasteiger partial charge in [-0.25, -0.2) is 0 Å². The lowest BCUT2D eigenvalue weighted by Gasteiger charge is -2.15. The summed E-state index contributed by atoms with van der Waals surface area (Å²) in [5.74, 6) is 0.331. The number of hydrogen-bond donors (Lipinski definition) is 0. The second kappa shape index (κ2) is 11.4. The summed E-state index contributed by atoms with van der Waals surface area (Å²) in [6, 6.07) is 58.0. The first-order valence-corrected chi connectivity index (χ1v) is 13.8. The third-order valence-corrected chi connectivity index (χ3v) is 7.92. The summed E-state index contributed by atoms with van der Waals surface area (Å²) >= 11 is 1.79. The molecule has 0 fully saturated rings. The fourth-order valence-electron chi connectivity index (χ4n) is 5.13. The highest BCUT2D eigenvalue weighted by atomic mass is 32.2. The second-order valence-corrected chi connectivity index (χ2v) is 10.5. The minimum atomic E-state index is 0.331. The molecule has 0 aliphatic heterocycles. The maximum Gasteiger partial charge on any atom is 0.0352 e. The monoisotopic (exact) mass is 504 g/mol. The van der Waals surface area contributed by atoms with E-state index < -0.39 is 0 Å². The Balaban J connectivity index is 0.000000171. The van der Waals surface area contributed by atoms with E-state index in [4.69, 9.17) is 0 Å². The largest absolute Gasteiger partial charge is 0.0901 e. The Morgan fingerprint density at radius 3 is 1.24 bits per heavy atom. The Morgan fingerprint density at radius 1 is 0.342 bits per heavy atom. The van der Waals surface area contributed by atoms with Crippen molar-refractivity contribution in [2.75, 3.05) is 0 Å². The third kappa shape index (κ3) is 5.20. The average molecular weight is 505 g/mol. The predicted octanol–water partition coefficient (Wildman–Crippen LogP) is 10.4. The fraction of sp³-hybridized carbons (Fsp3) is 0.0270. The normalized spacial score (nSPS) is 11.7. The molecule has 1 aliphatic carbocycles. The molecule has 0 radical (unpaired) electrons. The van der Waals surface area contributed by atoms with Crippen LogP contribution < -0.4 is 0 Å². The van der Waals surface area contributed by atoms with Crippen LogP contribution in [0.1, 0.15) is 22.6 Å². The highest BCUT2D eigenvalue weighted by Gasteiger charge is 2.28. The Morgan fingerprint density at radius 2 is 0.737 bits per heavy atom. The number of hydrogen-bond acceptors (Lipinski definition) is 1. The van der Waals surface area contributed by atoms with E-state index in [1.54, 1.807) is 11.8 Å². The number of rotatable bonds is 4. The van der Waals surface area contributed by atoms with Crippen molar-refractivity contribution in [3.63, 3.8) is 0 Å². The van der Waals surface area contributed by atoms with Gasteiger partial charge in [-0.1, -0.05) is 151 Å². The summed E-state index contributed by atoms with van der Waals surface area (Å²) in [4.78, 5) is 2.57. The van der Waals surface area contributed by atoms with Crippen molar-refractivity contribution in [2.24, 2.45) is 0 Å². The maximum absolute atomic E-state index is 2.28. The van der Waals surface area contributed by atoms with Crippen molar-refractivity contribution in [2.45, 2.75) is 15.7 Å². The molecule has 1 aliphatic rings. The molecule has 6 aromatic carbocycles. The smallest absolute Gasteiger partial charge is 0.0352 e. The third-order valence-electron chi connectivity index (χ3n) is 6.91. The molecule has 0 saturated carbocycles. The fourth-order valence-corrected chi connectivity index (χ4v) is 5.99. The predicted molar refractivity (Wildman–Crippen MR) is 162 cm³/mol. The Kier molecular flexibility index (Phi) is 7.19. The number of benzene rings is 6. The molecule has 0 atom stereocenters. The van der Waals surface area contributed by atoms with Crippen molar-refractivity contribution in [1.82, 2.24) is 0 Å². The molecule has 0 spiro atoms. The molecular formula is C37H28S. The summed E-state index contributed by atoms with van der Waals surface area (Å²) in [5, 5.41) is 0. The van der Waals surface area contributed by atoms with Crippen LogP contribution in [0.25, 0.3) is 22.3 Å². The van der Waals surface area contributed by atoms with Crippen LogP contribution in [0.4, 0.5) is 0 Å². The SMILES string of the molecule is c1ccc(-c2ccc(C3c4ccccc4-c4ccccc43)cc2)cc1.c1ccc(Sc2ccccc2)cc1. The Labute approximate surface area is 229 Å². The standard InChI is InChI=1S/C25H18.C12H10S/c1-2-8-18(9-3-1)19-14-16-20(17-15-19)25-23-12-6-4-10-21(23)22-11-5-7-13-24(22)25;1-3-7-11(8-4-1)13-12-9-5-2-6-10-12/h1-17,25H;1-10H. The van der Waals surface area contributed by atoms with Gasteiger partial charge in [-0.2, -0.15) is 0 Å². The van der Waals surface area contributed by atoms with Crippen LogP contribution in [0, 0.1) is 0 Å². The zero-order valence-electron chi connectivity index (χ0n) is 21.1. The van der Waals surface area contributed by atoms with Crippen molar-refractivity contribution in [3.8, 4) is 22.3 Å². The van der Waals surface area contributed by atoms with E-state index in [0.717, 1.165) is 0 Å². The molecule has 0 heterocycles. The molecule has 0 aromatic heterocycles. The Hall–Kier alpha value is -4.33. The van der Waals surface area contributed by atoms with E-state index in [1.165, 1.54) is 48.7 Å². The van der Waals surface area contributed by atoms with Gasteiger partial charge >= 0.3 is 0 Å². The average Bonchev–Trinajstić information content (AvgIpc) is 3.34. The first kappa shape index (κ1) is 24.0. The van der Waals surface area contributed by atoms with Crippen LogP contribution in [0.3, 0.4) is 0 Å². The zero-order chi connectivity index (χ0) is 25.6. The lowest BCUT2D eigenvalue weighted by Crippen LogP contribution is -1.98. The molecular weight excluding hydrogens is 476 g/mol. The highest BCUT2D eigenvalue weighted by Crippen LogP contribution is 2.47. The Bertz CT molecular complexity index is 1520. The summed E-state index contributed by atoms with van der Waals surface area (Å²) in [6.07, 6.45) is 0. The van der Waals surface area contributed by atoms with Gasteiger partial charge in [-0.05, 0) is 63.2 Å². The first-order valence-electron chi connectivity index (χ1n) is 13.0. The summed E-state index contributed by atoms with van der Waals surface area (Å²) in [7, 11) is 0. The van der Waals surface area contributed by atoms with Crippen molar-refractivity contribution in [1.29, 1.82) is 0 Å². The van der Waals surface area contributed by atoms with Gasteiger partial charge in [-0.3, -0.25) is 0 Å². The van der Waals surface area contributed by atoms with E-state index in [9.17, 15) is 0 Å². The molecule has 7 rings (SSSR count). The van der Waals surface area contributed by atoms with Gasteiger partial charge in [0, 0.05) is 15.7 Å². The van der Waals surface area contributed by atoms with E-state index in [1.807, 2.05) is 12.1 Å².